The second-order valence-electron chi connectivity index (χ2n) is 5.48. The molecule has 1 aliphatic rings. The van der Waals surface area contributed by atoms with E-state index >= 15 is 0 Å². The maximum atomic E-state index is 11.6. The van der Waals surface area contributed by atoms with Crippen LogP contribution in [0.15, 0.2) is 36.4 Å². The van der Waals surface area contributed by atoms with E-state index in [1.807, 2.05) is 18.2 Å². The smallest absolute Gasteiger partial charge is 0.309 e. The molecule has 0 radical (unpaired) electrons. The average molecular weight is 244 g/mol. The molecular weight excluding hydrogens is 224 g/mol. The number of rotatable bonds is 4. The lowest BCUT2D eigenvalue weighted by Crippen LogP contribution is -2.07. The molecule has 0 heterocycles. The van der Waals surface area contributed by atoms with E-state index in [-0.39, 0.29) is 17.3 Å². The molecule has 1 saturated carbocycles. The van der Waals surface area contributed by atoms with E-state index in [0.29, 0.717) is 5.92 Å². The molecule has 2 unspecified atom stereocenters. The fraction of sp³-hybridized carbons (Fsp3) is 0.438. The summed E-state index contributed by atoms with van der Waals surface area (Å²) in [7, 11) is 1.47. The van der Waals surface area contributed by atoms with Gasteiger partial charge in [-0.25, -0.2) is 0 Å². The van der Waals surface area contributed by atoms with Gasteiger partial charge in [0.15, 0.2) is 0 Å². The van der Waals surface area contributed by atoms with Gasteiger partial charge >= 0.3 is 5.97 Å². The molecule has 0 N–H and O–H groups in total. The number of hydrogen-bond acceptors (Lipinski definition) is 2. The fourth-order valence-electron chi connectivity index (χ4n) is 2.69. The third-order valence-electron chi connectivity index (χ3n) is 4.01. The van der Waals surface area contributed by atoms with E-state index in [1.54, 1.807) is 0 Å². The number of methoxy groups -OCH3 is 1. The van der Waals surface area contributed by atoms with Gasteiger partial charge in [-0.2, -0.15) is 0 Å². The molecule has 0 spiro atoms. The van der Waals surface area contributed by atoms with Crippen molar-refractivity contribution in [3.8, 4) is 0 Å². The van der Waals surface area contributed by atoms with Crippen LogP contribution >= 0.6 is 0 Å². The predicted molar refractivity (Wildman–Crippen MR) is 72.9 cm³/mol. The highest BCUT2D eigenvalue weighted by molar-refractivity contribution is 5.77. The maximum absolute atomic E-state index is 11.6. The average Bonchev–Trinajstić information content (AvgIpc) is 2.92. The van der Waals surface area contributed by atoms with Gasteiger partial charge < -0.3 is 4.74 Å². The van der Waals surface area contributed by atoms with Crippen LogP contribution in [0.3, 0.4) is 0 Å². The first kappa shape index (κ1) is 12.9. The summed E-state index contributed by atoms with van der Waals surface area (Å²) in [6.45, 7) is 4.27. The highest BCUT2D eigenvalue weighted by Crippen LogP contribution is 2.60. The van der Waals surface area contributed by atoms with Gasteiger partial charge in [-0.05, 0) is 23.3 Å². The predicted octanol–water partition coefficient (Wildman–Crippen LogP) is 3.54. The number of esters is 1. The van der Waals surface area contributed by atoms with Crippen molar-refractivity contribution in [1.29, 1.82) is 0 Å². The molecule has 1 fully saturated rings. The number of carbonyl (C=O) groups excluding carboxylic acids is 1. The van der Waals surface area contributed by atoms with E-state index in [1.165, 1.54) is 12.7 Å². The van der Waals surface area contributed by atoms with Crippen molar-refractivity contribution in [2.24, 2.45) is 17.3 Å². The zero-order valence-corrected chi connectivity index (χ0v) is 11.2. The highest BCUT2D eigenvalue weighted by atomic mass is 16.5. The zero-order valence-electron chi connectivity index (χ0n) is 11.2. The van der Waals surface area contributed by atoms with Crippen LogP contribution in [-0.2, 0) is 9.53 Å². The number of carbonyl (C=O) groups is 1. The molecule has 96 valence electrons. The Hall–Kier alpha value is -1.57. The quantitative estimate of drug-likeness (QED) is 0.757. The van der Waals surface area contributed by atoms with Crippen molar-refractivity contribution < 1.29 is 9.53 Å². The van der Waals surface area contributed by atoms with Gasteiger partial charge in [-0.3, -0.25) is 4.79 Å². The summed E-state index contributed by atoms with van der Waals surface area (Å²) in [6, 6.07) is 10.2. The van der Waals surface area contributed by atoms with Gasteiger partial charge in [0.05, 0.1) is 13.0 Å². The van der Waals surface area contributed by atoms with Crippen molar-refractivity contribution in [3.05, 3.63) is 42.0 Å². The van der Waals surface area contributed by atoms with Gasteiger partial charge in [0.25, 0.3) is 0 Å². The van der Waals surface area contributed by atoms with Gasteiger partial charge in [0, 0.05) is 0 Å². The standard InChI is InChI=1S/C16H20O2/c1-16(2)13(14(16)15(17)18-3)11-7-10-12-8-5-4-6-9-12/h4-10,13-14H,11H2,1-3H3. The van der Waals surface area contributed by atoms with Crippen LogP contribution in [0.1, 0.15) is 25.8 Å². The Morgan fingerprint density at radius 2 is 2.00 bits per heavy atom. The Balaban J connectivity index is 1.92. The lowest BCUT2D eigenvalue weighted by Gasteiger charge is -1.99. The summed E-state index contributed by atoms with van der Waals surface area (Å²) in [6.07, 6.45) is 5.20. The highest BCUT2D eigenvalue weighted by Gasteiger charge is 2.61. The molecule has 2 rings (SSSR count). The Morgan fingerprint density at radius 3 is 2.61 bits per heavy atom. The molecule has 0 saturated heterocycles. The summed E-state index contributed by atoms with van der Waals surface area (Å²) in [5.41, 5.74) is 1.28. The van der Waals surface area contributed by atoms with Crippen LogP contribution in [0, 0.1) is 17.3 Å². The lowest BCUT2D eigenvalue weighted by atomic mass is 10.1. The lowest BCUT2D eigenvalue weighted by molar-refractivity contribution is -0.143. The SMILES string of the molecule is COC(=O)C1C(CC=Cc2ccccc2)C1(C)C. The number of allylic oxidation sites excluding steroid dienone is 1. The third-order valence-corrected chi connectivity index (χ3v) is 4.01. The van der Waals surface area contributed by atoms with Crippen molar-refractivity contribution in [2.75, 3.05) is 7.11 Å². The minimum absolute atomic E-state index is 0.0583. The molecule has 0 aromatic heterocycles. The Bertz CT molecular complexity index is 445. The van der Waals surface area contributed by atoms with Crippen LogP contribution in [0.4, 0.5) is 0 Å². The molecule has 2 heteroatoms. The fourth-order valence-corrected chi connectivity index (χ4v) is 2.69. The van der Waals surface area contributed by atoms with Gasteiger partial charge in [0.2, 0.25) is 0 Å². The topological polar surface area (TPSA) is 26.3 Å². The van der Waals surface area contributed by atoms with E-state index in [4.69, 9.17) is 4.74 Å². The normalized spacial score (nSPS) is 25.1. The van der Waals surface area contributed by atoms with Crippen molar-refractivity contribution in [3.63, 3.8) is 0 Å². The minimum Gasteiger partial charge on any atom is -0.469 e. The molecule has 2 atom stereocenters. The number of hydrogen-bond donors (Lipinski definition) is 0. The van der Waals surface area contributed by atoms with Crippen LogP contribution in [0.2, 0.25) is 0 Å². The molecule has 2 nitrogen and oxygen atoms in total. The summed E-state index contributed by atoms with van der Waals surface area (Å²) >= 11 is 0. The van der Waals surface area contributed by atoms with E-state index in [2.05, 4.69) is 38.1 Å². The molecule has 18 heavy (non-hydrogen) atoms. The Kier molecular flexibility index (Phi) is 3.55. The first-order valence-electron chi connectivity index (χ1n) is 6.37. The first-order chi connectivity index (χ1) is 8.57. The monoisotopic (exact) mass is 244 g/mol. The first-order valence-corrected chi connectivity index (χ1v) is 6.37. The summed E-state index contributed by atoms with van der Waals surface area (Å²) in [5.74, 6) is 0.394. The van der Waals surface area contributed by atoms with E-state index in [9.17, 15) is 4.79 Å². The summed E-state index contributed by atoms with van der Waals surface area (Å²) in [4.78, 5) is 11.6. The molecule has 0 aliphatic heterocycles. The molecule has 1 aromatic carbocycles. The summed E-state index contributed by atoms with van der Waals surface area (Å²) < 4.78 is 4.84. The maximum Gasteiger partial charge on any atom is 0.309 e. The molecule has 0 bridgehead atoms. The van der Waals surface area contributed by atoms with Crippen molar-refractivity contribution >= 4 is 12.0 Å². The van der Waals surface area contributed by atoms with Crippen LogP contribution in [0.25, 0.3) is 6.08 Å². The largest absolute Gasteiger partial charge is 0.469 e. The summed E-state index contributed by atoms with van der Waals surface area (Å²) in [5, 5.41) is 0. The van der Waals surface area contributed by atoms with Crippen LogP contribution < -0.4 is 0 Å². The van der Waals surface area contributed by atoms with E-state index < -0.39 is 0 Å². The van der Waals surface area contributed by atoms with Crippen molar-refractivity contribution in [1.82, 2.24) is 0 Å². The second kappa shape index (κ2) is 4.97. The van der Waals surface area contributed by atoms with E-state index in [0.717, 1.165) is 6.42 Å². The number of benzene rings is 1. The van der Waals surface area contributed by atoms with Crippen molar-refractivity contribution in [2.45, 2.75) is 20.3 Å². The van der Waals surface area contributed by atoms with Gasteiger partial charge in [-0.1, -0.05) is 56.3 Å². The van der Waals surface area contributed by atoms with Gasteiger partial charge in [-0.15, -0.1) is 0 Å². The zero-order chi connectivity index (χ0) is 13.2. The molecule has 0 amide bonds. The van der Waals surface area contributed by atoms with Gasteiger partial charge in [0.1, 0.15) is 0 Å². The molecule has 1 aliphatic carbocycles. The third kappa shape index (κ3) is 2.47. The Morgan fingerprint density at radius 1 is 1.33 bits per heavy atom. The Labute approximate surface area is 109 Å². The molecule has 1 aromatic rings. The van der Waals surface area contributed by atoms with Crippen LogP contribution in [-0.4, -0.2) is 13.1 Å². The molecular formula is C16H20O2. The van der Waals surface area contributed by atoms with Crippen LogP contribution in [0.5, 0.6) is 0 Å². The number of ether oxygens (including phenoxy) is 1. The second-order valence-corrected chi connectivity index (χ2v) is 5.48. The minimum atomic E-state index is -0.0712.